The lowest BCUT2D eigenvalue weighted by Crippen LogP contribution is -2.66. The first kappa shape index (κ1) is 26.8. The highest BCUT2D eigenvalue weighted by Gasteiger charge is 2.61. The van der Waals surface area contributed by atoms with Crippen LogP contribution in [0.3, 0.4) is 0 Å². The highest BCUT2D eigenvalue weighted by molar-refractivity contribution is 7.04. The lowest BCUT2D eigenvalue weighted by atomic mass is 9.83. The summed E-state index contributed by atoms with van der Waals surface area (Å²) >= 11 is 0. The lowest BCUT2D eigenvalue weighted by molar-refractivity contribution is 0.461. The Labute approximate surface area is 239 Å². The van der Waals surface area contributed by atoms with Crippen LogP contribution in [-0.2, 0) is 10.8 Å². The van der Waals surface area contributed by atoms with Crippen molar-refractivity contribution in [3.63, 3.8) is 0 Å². The summed E-state index contributed by atoms with van der Waals surface area (Å²) in [6.07, 6.45) is 25.2. The van der Waals surface area contributed by atoms with Gasteiger partial charge in [-0.05, 0) is 56.7 Å². The van der Waals surface area contributed by atoms with E-state index >= 15 is 0 Å². The van der Waals surface area contributed by atoms with Gasteiger partial charge in [0.1, 0.15) is 8.07 Å². The summed E-state index contributed by atoms with van der Waals surface area (Å²) in [6, 6.07) is 20.3. The Morgan fingerprint density at radius 1 is 0.513 bits per heavy atom. The van der Waals surface area contributed by atoms with Crippen LogP contribution in [0.15, 0.2) is 97.1 Å². The molecule has 0 bridgehead atoms. The maximum atomic E-state index is 2.61. The summed E-state index contributed by atoms with van der Waals surface area (Å²) in [4.78, 5) is 0. The van der Waals surface area contributed by atoms with Gasteiger partial charge >= 0.3 is 0 Å². The number of rotatable bonds is 4. The van der Waals surface area contributed by atoms with Gasteiger partial charge in [-0.3, -0.25) is 0 Å². The van der Waals surface area contributed by atoms with Crippen molar-refractivity contribution in [1.82, 2.24) is 0 Å². The average Bonchev–Trinajstić information content (AvgIpc) is 3.57. The van der Waals surface area contributed by atoms with E-state index in [0.29, 0.717) is 29.2 Å². The van der Waals surface area contributed by atoms with Crippen LogP contribution in [0.4, 0.5) is 0 Å². The van der Waals surface area contributed by atoms with E-state index in [1.165, 1.54) is 36.8 Å². The second-order valence-electron chi connectivity index (χ2n) is 14.9. The van der Waals surface area contributed by atoms with Gasteiger partial charge in [-0.25, -0.2) is 0 Å². The van der Waals surface area contributed by atoms with Crippen molar-refractivity contribution in [2.45, 2.75) is 89.1 Å². The quantitative estimate of drug-likeness (QED) is 0.345. The molecular weight excluding hydrogens is 485 g/mol. The van der Waals surface area contributed by atoms with Crippen molar-refractivity contribution in [2.24, 2.45) is 23.7 Å². The summed E-state index contributed by atoms with van der Waals surface area (Å²) in [5, 5.41) is 3.36. The first-order valence-electron chi connectivity index (χ1n) is 15.5. The van der Waals surface area contributed by atoms with Crippen molar-refractivity contribution < 1.29 is 0 Å². The second kappa shape index (κ2) is 9.91. The highest BCUT2D eigenvalue weighted by atomic mass is 28.3. The van der Waals surface area contributed by atoms with Gasteiger partial charge in [0, 0.05) is 0 Å². The molecule has 2 aromatic carbocycles. The minimum Gasteiger partial charge on any atom is -0.0808 e. The number of benzene rings is 2. The van der Waals surface area contributed by atoms with Gasteiger partial charge in [0.15, 0.2) is 0 Å². The zero-order valence-electron chi connectivity index (χ0n) is 25.0. The molecule has 6 rings (SSSR count). The molecule has 39 heavy (non-hydrogen) atoms. The fraction of sp³-hybridized carbons (Fsp3) is 0.474. The Hall–Kier alpha value is -2.38. The molecule has 0 saturated heterocycles. The van der Waals surface area contributed by atoms with Gasteiger partial charge in [0.2, 0.25) is 0 Å². The van der Waals surface area contributed by atoms with Crippen LogP contribution in [0, 0.1) is 23.7 Å². The Balaban J connectivity index is 1.61. The number of hydrogen-bond acceptors (Lipinski definition) is 0. The molecule has 0 heterocycles. The molecule has 0 aromatic heterocycles. The maximum Gasteiger partial charge on any atom is 0.125 e. The monoisotopic (exact) mass is 532 g/mol. The fourth-order valence-electron chi connectivity index (χ4n) is 8.80. The third-order valence-electron chi connectivity index (χ3n) is 10.7. The minimum atomic E-state index is -2.23. The lowest BCUT2D eigenvalue weighted by Gasteiger charge is -2.48. The largest absolute Gasteiger partial charge is 0.125 e. The smallest absolute Gasteiger partial charge is 0.0808 e. The summed E-state index contributed by atoms with van der Waals surface area (Å²) in [6.45, 7) is 14.1. The van der Waals surface area contributed by atoms with Gasteiger partial charge in [-0.2, -0.15) is 0 Å². The molecular formula is C38H48Si. The topological polar surface area (TPSA) is 0 Å². The first-order chi connectivity index (χ1) is 18.6. The Morgan fingerprint density at radius 2 is 0.872 bits per heavy atom. The zero-order chi connectivity index (χ0) is 27.4. The molecule has 4 unspecified atom stereocenters. The van der Waals surface area contributed by atoms with E-state index in [4.69, 9.17) is 0 Å². The molecule has 0 radical (unpaired) electrons. The number of hydrogen-bond donors (Lipinski definition) is 0. The SMILES string of the molecule is CC(C)(C)c1ccc([Si](c2ccc(C(C)(C)C)cc2)(C2CCCC2)C2C3C=CC=CC3C3C=CC=CC32)cc1. The van der Waals surface area contributed by atoms with Crippen LogP contribution in [-0.4, -0.2) is 8.07 Å². The van der Waals surface area contributed by atoms with Crippen LogP contribution >= 0.6 is 0 Å². The maximum absolute atomic E-state index is 2.61. The minimum absolute atomic E-state index is 0.168. The van der Waals surface area contributed by atoms with E-state index in [2.05, 4.69) is 139 Å². The summed E-state index contributed by atoms with van der Waals surface area (Å²) in [5.74, 6) is 2.44. The molecule has 0 spiro atoms. The van der Waals surface area contributed by atoms with Gasteiger partial charge in [-0.1, -0.05) is 175 Å². The molecule has 2 aromatic rings. The van der Waals surface area contributed by atoms with Crippen molar-refractivity contribution in [1.29, 1.82) is 0 Å². The third-order valence-corrected chi connectivity index (χ3v) is 17.0. The standard InChI is InChI=1S/C38H48Si/c1-37(2,3)27-19-23-30(24-20-27)39(29-13-7-8-14-29,31-25-21-28(22-26-31)38(4,5)6)36-34-17-11-9-15-32(34)33-16-10-12-18-35(33)36/h9-12,15-26,29,32-36H,7-8,13-14H2,1-6H3. The van der Waals surface area contributed by atoms with Gasteiger partial charge in [0.25, 0.3) is 0 Å². The average molecular weight is 533 g/mol. The highest BCUT2D eigenvalue weighted by Crippen LogP contribution is 2.61. The molecule has 204 valence electrons. The van der Waals surface area contributed by atoms with Crippen LogP contribution in [0.1, 0.15) is 78.4 Å². The predicted molar refractivity (Wildman–Crippen MR) is 172 cm³/mol. The van der Waals surface area contributed by atoms with Crippen molar-refractivity contribution in [3.8, 4) is 0 Å². The molecule has 4 atom stereocenters. The van der Waals surface area contributed by atoms with E-state index < -0.39 is 8.07 Å². The van der Waals surface area contributed by atoms with E-state index in [9.17, 15) is 0 Å². The molecule has 4 aliphatic rings. The van der Waals surface area contributed by atoms with Crippen LogP contribution in [0.25, 0.3) is 0 Å². The second-order valence-corrected chi connectivity index (χ2v) is 19.3. The van der Waals surface area contributed by atoms with Crippen LogP contribution in [0.5, 0.6) is 0 Å². The van der Waals surface area contributed by atoms with E-state index in [0.717, 1.165) is 5.54 Å². The van der Waals surface area contributed by atoms with Crippen LogP contribution in [0.2, 0.25) is 11.1 Å². The Kier molecular flexibility index (Phi) is 6.82. The molecule has 0 aliphatic heterocycles. The van der Waals surface area contributed by atoms with Gasteiger partial charge < -0.3 is 0 Å². The first-order valence-corrected chi connectivity index (χ1v) is 17.7. The normalized spacial score (nSPS) is 28.6. The molecule has 4 aliphatic carbocycles. The van der Waals surface area contributed by atoms with E-state index in [-0.39, 0.29) is 10.8 Å². The molecule has 0 amide bonds. The van der Waals surface area contributed by atoms with E-state index in [1.807, 2.05) is 0 Å². The molecule has 0 nitrogen and oxygen atoms in total. The Morgan fingerprint density at radius 3 is 1.23 bits per heavy atom. The van der Waals surface area contributed by atoms with Gasteiger partial charge in [0.05, 0.1) is 0 Å². The van der Waals surface area contributed by atoms with E-state index in [1.54, 1.807) is 10.4 Å². The van der Waals surface area contributed by atoms with Crippen molar-refractivity contribution in [3.05, 3.63) is 108 Å². The zero-order valence-corrected chi connectivity index (χ0v) is 26.0. The summed E-state index contributed by atoms with van der Waals surface area (Å²) in [7, 11) is -2.23. The number of allylic oxidation sites excluding steroid dienone is 8. The summed E-state index contributed by atoms with van der Waals surface area (Å²) in [5.41, 5.74) is 4.70. The van der Waals surface area contributed by atoms with Crippen LogP contribution < -0.4 is 10.4 Å². The predicted octanol–water partition coefficient (Wildman–Crippen LogP) is 8.89. The van der Waals surface area contributed by atoms with Crippen molar-refractivity contribution in [2.75, 3.05) is 0 Å². The number of fused-ring (bicyclic) bond motifs is 3. The molecule has 1 heteroatoms. The van der Waals surface area contributed by atoms with Gasteiger partial charge in [-0.15, -0.1) is 0 Å². The fourth-order valence-corrected chi connectivity index (χ4v) is 16.0. The Bertz CT molecular complexity index is 1190. The van der Waals surface area contributed by atoms with Crippen molar-refractivity contribution >= 4 is 18.4 Å². The molecule has 0 N–H and O–H groups in total. The summed E-state index contributed by atoms with van der Waals surface area (Å²) < 4.78 is 0. The third kappa shape index (κ3) is 4.50. The molecule has 2 fully saturated rings. The molecule has 2 saturated carbocycles.